The Morgan fingerprint density at radius 2 is 2.17 bits per heavy atom. The van der Waals surface area contributed by atoms with E-state index in [1.54, 1.807) is 0 Å². The minimum Gasteiger partial charge on any atom is -0.387 e. The van der Waals surface area contributed by atoms with Crippen LogP contribution in [0.5, 0.6) is 0 Å². The topological polar surface area (TPSA) is 59.9 Å². The zero-order valence-corrected chi connectivity index (χ0v) is 18.0. The highest BCUT2D eigenvalue weighted by molar-refractivity contribution is 14.0. The molecule has 7 heteroatoms. The van der Waals surface area contributed by atoms with Gasteiger partial charge in [-0.05, 0) is 38.9 Å². The zero-order valence-electron chi connectivity index (χ0n) is 14.8. The van der Waals surface area contributed by atoms with Gasteiger partial charge in [-0.1, -0.05) is 6.92 Å². The minimum absolute atomic E-state index is 0. The number of aliphatic hydroxyl groups is 1. The molecule has 2 fully saturated rings. The van der Waals surface area contributed by atoms with Gasteiger partial charge in [-0.2, -0.15) is 11.8 Å². The van der Waals surface area contributed by atoms with Crippen LogP contribution in [-0.2, 0) is 0 Å². The van der Waals surface area contributed by atoms with E-state index in [0.29, 0.717) is 24.5 Å². The van der Waals surface area contributed by atoms with Gasteiger partial charge in [0.1, 0.15) is 0 Å². The number of thioether (sulfide) groups is 1. The Kier molecular flexibility index (Phi) is 8.97. The van der Waals surface area contributed by atoms with Crippen LogP contribution in [0.4, 0.5) is 0 Å². The number of halogens is 1. The van der Waals surface area contributed by atoms with Crippen molar-refractivity contribution in [2.75, 3.05) is 37.7 Å². The van der Waals surface area contributed by atoms with Gasteiger partial charge in [-0.3, -0.25) is 9.89 Å². The number of hydrogen-bond donors (Lipinski definition) is 3. The van der Waals surface area contributed by atoms with Crippen LogP contribution >= 0.6 is 35.7 Å². The second-order valence-electron chi connectivity index (χ2n) is 7.00. The van der Waals surface area contributed by atoms with Crippen molar-refractivity contribution < 1.29 is 5.11 Å². The van der Waals surface area contributed by atoms with E-state index in [0.717, 1.165) is 43.5 Å². The first-order valence-corrected chi connectivity index (χ1v) is 9.68. The highest BCUT2D eigenvalue weighted by atomic mass is 127. The average molecular weight is 456 g/mol. The number of hydrogen-bond acceptors (Lipinski definition) is 4. The molecule has 2 aliphatic rings. The summed E-state index contributed by atoms with van der Waals surface area (Å²) in [5.74, 6) is 3.29. The molecule has 2 rings (SSSR count). The lowest BCUT2D eigenvalue weighted by Gasteiger charge is -2.23. The SMILES string of the molecule is CCNC(=NCC1(O)CCSC1)NC1CN(C(C)C)CC1C.I. The van der Waals surface area contributed by atoms with Crippen molar-refractivity contribution >= 4 is 41.7 Å². The average Bonchev–Trinajstić information content (AvgIpc) is 3.04. The van der Waals surface area contributed by atoms with E-state index in [1.807, 2.05) is 11.8 Å². The van der Waals surface area contributed by atoms with Crippen molar-refractivity contribution in [3.05, 3.63) is 0 Å². The van der Waals surface area contributed by atoms with Gasteiger partial charge in [0, 0.05) is 37.5 Å². The molecule has 23 heavy (non-hydrogen) atoms. The summed E-state index contributed by atoms with van der Waals surface area (Å²) in [5, 5.41) is 17.3. The van der Waals surface area contributed by atoms with E-state index in [2.05, 4.69) is 48.2 Å². The van der Waals surface area contributed by atoms with E-state index < -0.39 is 5.60 Å². The summed E-state index contributed by atoms with van der Waals surface area (Å²) in [6.45, 7) is 12.4. The van der Waals surface area contributed by atoms with Crippen LogP contribution < -0.4 is 10.6 Å². The predicted molar refractivity (Wildman–Crippen MR) is 111 cm³/mol. The lowest BCUT2D eigenvalue weighted by molar-refractivity contribution is 0.0778. The molecule has 0 saturated carbocycles. The zero-order chi connectivity index (χ0) is 16.2. The van der Waals surface area contributed by atoms with Crippen molar-refractivity contribution in [2.24, 2.45) is 10.9 Å². The molecule has 3 N–H and O–H groups in total. The van der Waals surface area contributed by atoms with Crippen LogP contribution in [0.2, 0.25) is 0 Å². The van der Waals surface area contributed by atoms with Gasteiger partial charge < -0.3 is 15.7 Å². The van der Waals surface area contributed by atoms with Gasteiger partial charge in [0.25, 0.3) is 0 Å². The maximum Gasteiger partial charge on any atom is 0.191 e. The molecule has 0 radical (unpaired) electrons. The van der Waals surface area contributed by atoms with Gasteiger partial charge in [0.05, 0.1) is 12.1 Å². The lowest BCUT2D eigenvalue weighted by atomic mass is 10.0. The minimum atomic E-state index is -0.613. The summed E-state index contributed by atoms with van der Waals surface area (Å²) < 4.78 is 0. The van der Waals surface area contributed by atoms with E-state index in [1.165, 1.54) is 0 Å². The third-order valence-corrected chi connectivity index (χ3v) is 5.89. The molecule has 0 aromatic carbocycles. The number of aliphatic imine (C=N–C) groups is 1. The normalized spacial score (nSPS) is 32.2. The summed E-state index contributed by atoms with van der Waals surface area (Å²) in [6.07, 6.45) is 0.849. The van der Waals surface area contributed by atoms with Gasteiger partial charge in [-0.25, -0.2) is 0 Å². The molecule has 0 aromatic rings. The van der Waals surface area contributed by atoms with Crippen LogP contribution in [0.1, 0.15) is 34.1 Å². The van der Waals surface area contributed by atoms with Gasteiger partial charge >= 0.3 is 0 Å². The van der Waals surface area contributed by atoms with E-state index in [9.17, 15) is 5.11 Å². The summed E-state index contributed by atoms with van der Waals surface area (Å²) in [4.78, 5) is 7.15. The number of rotatable bonds is 5. The third kappa shape index (κ3) is 6.25. The Bertz CT molecular complexity index is 388. The van der Waals surface area contributed by atoms with Crippen LogP contribution in [0.25, 0.3) is 0 Å². The molecule has 5 nitrogen and oxygen atoms in total. The molecule has 2 saturated heterocycles. The number of guanidine groups is 1. The first kappa shape index (κ1) is 21.3. The molecule has 0 aromatic heterocycles. The van der Waals surface area contributed by atoms with Crippen LogP contribution in [0, 0.1) is 5.92 Å². The molecule has 3 unspecified atom stereocenters. The number of likely N-dealkylation sites (tertiary alicyclic amines) is 1. The summed E-state index contributed by atoms with van der Waals surface area (Å²) in [6, 6.07) is 1.01. The number of nitrogens with one attached hydrogen (secondary N) is 2. The van der Waals surface area contributed by atoms with Crippen molar-refractivity contribution in [3.63, 3.8) is 0 Å². The molecule has 2 aliphatic heterocycles. The van der Waals surface area contributed by atoms with Crippen LogP contribution in [-0.4, -0.2) is 71.3 Å². The summed E-state index contributed by atoms with van der Waals surface area (Å²) >= 11 is 1.82. The maximum absolute atomic E-state index is 10.4. The quantitative estimate of drug-likeness (QED) is 0.335. The molecule has 0 spiro atoms. The van der Waals surface area contributed by atoms with Crippen molar-refractivity contribution in [2.45, 2.75) is 51.8 Å². The fourth-order valence-electron chi connectivity index (χ4n) is 3.06. The van der Waals surface area contributed by atoms with Gasteiger partial charge in [0.2, 0.25) is 0 Å². The second kappa shape index (κ2) is 9.68. The monoisotopic (exact) mass is 456 g/mol. The van der Waals surface area contributed by atoms with E-state index >= 15 is 0 Å². The van der Waals surface area contributed by atoms with Crippen molar-refractivity contribution in [1.82, 2.24) is 15.5 Å². The van der Waals surface area contributed by atoms with Crippen molar-refractivity contribution in [3.8, 4) is 0 Å². The Morgan fingerprint density at radius 3 is 2.70 bits per heavy atom. The highest BCUT2D eigenvalue weighted by Crippen LogP contribution is 2.27. The Morgan fingerprint density at radius 1 is 1.43 bits per heavy atom. The first-order valence-electron chi connectivity index (χ1n) is 8.52. The van der Waals surface area contributed by atoms with Crippen LogP contribution in [0.3, 0.4) is 0 Å². The van der Waals surface area contributed by atoms with Crippen molar-refractivity contribution in [1.29, 1.82) is 0 Å². The van der Waals surface area contributed by atoms with Crippen LogP contribution in [0.15, 0.2) is 4.99 Å². The Hall–Kier alpha value is 0.270. The van der Waals surface area contributed by atoms with Gasteiger partial charge in [-0.15, -0.1) is 24.0 Å². The molecular formula is C16H33IN4OS. The highest BCUT2D eigenvalue weighted by Gasteiger charge is 2.33. The fraction of sp³-hybridized carbons (Fsp3) is 0.938. The predicted octanol–water partition coefficient (Wildman–Crippen LogP) is 1.76. The largest absolute Gasteiger partial charge is 0.387 e. The lowest BCUT2D eigenvalue weighted by Crippen LogP contribution is -2.47. The summed E-state index contributed by atoms with van der Waals surface area (Å²) in [7, 11) is 0. The summed E-state index contributed by atoms with van der Waals surface area (Å²) in [5.41, 5.74) is -0.613. The molecule has 3 atom stereocenters. The second-order valence-corrected chi connectivity index (χ2v) is 8.10. The van der Waals surface area contributed by atoms with Gasteiger partial charge in [0.15, 0.2) is 5.96 Å². The smallest absolute Gasteiger partial charge is 0.191 e. The van der Waals surface area contributed by atoms with E-state index in [4.69, 9.17) is 0 Å². The third-order valence-electron chi connectivity index (χ3n) is 4.65. The Labute approximate surface area is 162 Å². The Balaban J connectivity index is 0.00000264. The standard InChI is InChI=1S/C16H32N4OS.HI/c1-5-17-15(18-10-16(21)6-7-22-11-16)19-14-9-20(12(2)3)8-13(14)4;/h12-14,21H,5-11H2,1-4H3,(H2,17,18,19);1H. The first-order chi connectivity index (χ1) is 10.4. The number of nitrogens with zero attached hydrogens (tertiary/aromatic N) is 2. The van der Waals surface area contributed by atoms with E-state index in [-0.39, 0.29) is 24.0 Å². The molecule has 0 amide bonds. The molecule has 0 bridgehead atoms. The molecular weight excluding hydrogens is 423 g/mol. The molecule has 2 heterocycles. The fourth-order valence-corrected chi connectivity index (χ4v) is 4.34. The maximum atomic E-state index is 10.4. The molecule has 136 valence electrons. The molecule has 0 aliphatic carbocycles.